The van der Waals surface area contributed by atoms with Crippen LogP contribution in [-0.2, 0) is 11.3 Å². The molecule has 4 rings (SSSR count). The first kappa shape index (κ1) is 21.0. The Morgan fingerprint density at radius 2 is 1.84 bits per heavy atom. The van der Waals surface area contributed by atoms with Gasteiger partial charge >= 0.3 is 0 Å². The molecule has 2 heterocycles. The van der Waals surface area contributed by atoms with Crippen molar-refractivity contribution in [2.45, 2.75) is 11.7 Å². The zero-order chi connectivity index (χ0) is 21.6. The number of pyridine rings is 1. The third kappa shape index (κ3) is 5.28. The standard InChI is InChI=1S/C22H17ClFN5OS/c23-17-6-7-18(24)19(12-17)26-20(30)14-31-22-28-27-21(16-8-10-25-11-9-16)29(22)13-15-4-2-1-3-5-15/h1-12H,13-14H2,(H,26,30). The van der Waals surface area contributed by atoms with Crippen LogP contribution >= 0.6 is 23.4 Å². The summed E-state index contributed by atoms with van der Waals surface area (Å²) in [6.07, 6.45) is 3.38. The number of hydrogen-bond acceptors (Lipinski definition) is 5. The predicted molar refractivity (Wildman–Crippen MR) is 120 cm³/mol. The van der Waals surface area contributed by atoms with Crippen molar-refractivity contribution in [2.75, 3.05) is 11.1 Å². The van der Waals surface area contributed by atoms with E-state index in [0.717, 1.165) is 11.1 Å². The molecule has 0 aliphatic heterocycles. The van der Waals surface area contributed by atoms with Crippen molar-refractivity contribution < 1.29 is 9.18 Å². The Bertz CT molecular complexity index is 1190. The minimum absolute atomic E-state index is 0.0369. The number of anilines is 1. The van der Waals surface area contributed by atoms with E-state index in [1.807, 2.05) is 47.0 Å². The number of benzene rings is 2. The van der Waals surface area contributed by atoms with Gasteiger partial charge in [-0.3, -0.25) is 14.3 Å². The molecule has 0 aliphatic carbocycles. The van der Waals surface area contributed by atoms with E-state index in [2.05, 4.69) is 20.5 Å². The van der Waals surface area contributed by atoms with Crippen molar-refractivity contribution in [1.82, 2.24) is 19.7 Å². The smallest absolute Gasteiger partial charge is 0.234 e. The van der Waals surface area contributed by atoms with Gasteiger partial charge in [-0.15, -0.1) is 10.2 Å². The Kier molecular flexibility index (Phi) is 6.59. The van der Waals surface area contributed by atoms with Crippen LogP contribution in [0.15, 0.2) is 78.2 Å². The molecular weight excluding hydrogens is 437 g/mol. The van der Waals surface area contributed by atoms with Crippen LogP contribution in [0.1, 0.15) is 5.56 Å². The van der Waals surface area contributed by atoms with E-state index in [9.17, 15) is 9.18 Å². The number of nitrogens with one attached hydrogen (secondary N) is 1. The molecule has 1 amide bonds. The number of aromatic nitrogens is 4. The van der Waals surface area contributed by atoms with Crippen molar-refractivity contribution in [3.05, 3.63) is 89.5 Å². The summed E-state index contributed by atoms with van der Waals surface area (Å²) in [4.78, 5) is 16.4. The average Bonchev–Trinajstić information content (AvgIpc) is 3.18. The van der Waals surface area contributed by atoms with Crippen LogP contribution in [0.25, 0.3) is 11.4 Å². The van der Waals surface area contributed by atoms with Crippen LogP contribution in [0.2, 0.25) is 5.02 Å². The molecule has 9 heteroatoms. The third-order valence-corrected chi connectivity index (χ3v) is 5.58. The Balaban J connectivity index is 1.54. The van der Waals surface area contributed by atoms with Crippen LogP contribution in [0.5, 0.6) is 0 Å². The first-order chi connectivity index (χ1) is 15.1. The topological polar surface area (TPSA) is 72.7 Å². The summed E-state index contributed by atoms with van der Waals surface area (Å²) in [7, 11) is 0. The molecule has 0 radical (unpaired) electrons. The molecule has 156 valence electrons. The van der Waals surface area contributed by atoms with Crippen molar-refractivity contribution in [3.8, 4) is 11.4 Å². The number of amides is 1. The van der Waals surface area contributed by atoms with Crippen LogP contribution in [-0.4, -0.2) is 31.4 Å². The maximum Gasteiger partial charge on any atom is 0.234 e. The summed E-state index contributed by atoms with van der Waals surface area (Å²) in [5.74, 6) is -0.203. The average molecular weight is 454 g/mol. The minimum atomic E-state index is -0.546. The van der Waals surface area contributed by atoms with Crippen molar-refractivity contribution in [2.24, 2.45) is 0 Å². The molecule has 2 aromatic carbocycles. The van der Waals surface area contributed by atoms with Crippen molar-refractivity contribution >= 4 is 35.0 Å². The zero-order valence-corrected chi connectivity index (χ0v) is 17.8. The summed E-state index contributed by atoms with van der Waals surface area (Å²) in [6.45, 7) is 0.540. The van der Waals surface area contributed by atoms with Gasteiger partial charge in [0, 0.05) is 23.0 Å². The van der Waals surface area contributed by atoms with Crippen molar-refractivity contribution in [1.29, 1.82) is 0 Å². The maximum atomic E-state index is 13.9. The van der Waals surface area contributed by atoms with Gasteiger partial charge in [0.1, 0.15) is 5.82 Å². The fourth-order valence-corrected chi connectivity index (χ4v) is 3.84. The van der Waals surface area contributed by atoms with Gasteiger partial charge in [-0.1, -0.05) is 53.7 Å². The van der Waals surface area contributed by atoms with Crippen LogP contribution in [0, 0.1) is 5.82 Å². The largest absolute Gasteiger partial charge is 0.323 e. The molecule has 0 fully saturated rings. The Morgan fingerprint density at radius 1 is 1.06 bits per heavy atom. The van der Waals surface area contributed by atoms with Gasteiger partial charge in [-0.25, -0.2) is 4.39 Å². The first-order valence-electron chi connectivity index (χ1n) is 9.35. The molecule has 1 N–H and O–H groups in total. The van der Waals surface area contributed by atoms with Gasteiger partial charge in [0.2, 0.25) is 5.91 Å². The van der Waals surface area contributed by atoms with E-state index in [4.69, 9.17) is 11.6 Å². The van der Waals surface area contributed by atoms with Crippen LogP contribution in [0.3, 0.4) is 0 Å². The molecule has 0 bridgehead atoms. The van der Waals surface area contributed by atoms with Gasteiger partial charge in [0.15, 0.2) is 11.0 Å². The quantitative estimate of drug-likeness (QED) is 0.402. The lowest BCUT2D eigenvalue weighted by Gasteiger charge is -2.11. The van der Waals surface area contributed by atoms with E-state index >= 15 is 0 Å². The molecule has 0 unspecified atom stereocenters. The third-order valence-electron chi connectivity index (χ3n) is 4.37. The van der Waals surface area contributed by atoms with Gasteiger partial charge in [0.05, 0.1) is 18.0 Å². The normalized spacial score (nSPS) is 10.8. The molecule has 0 saturated heterocycles. The van der Waals surface area contributed by atoms with E-state index in [-0.39, 0.29) is 17.3 Å². The molecular formula is C22H17ClFN5OS. The summed E-state index contributed by atoms with van der Waals surface area (Å²) in [5.41, 5.74) is 1.99. The number of halogens is 2. The number of thioether (sulfide) groups is 1. The Hall–Kier alpha value is -3.23. The van der Waals surface area contributed by atoms with E-state index in [1.54, 1.807) is 12.4 Å². The monoisotopic (exact) mass is 453 g/mol. The lowest BCUT2D eigenvalue weighted by Crippen LogP contribution is -2.15. The molecule has 0 aliphatic rings. The van der Waals surface area contributed by atoms with Gasteiger partial charge in [-0.2, -0.15) is 0 Å². The minimum Gasteiger partial charge on any atom is -0.323 e. The highest BCUT2D eigenvalue weighted by Crippen LogP contribution is 2.25. The maximum absolute atomic E-state index is 13.9. The van der Waals surface area contributed by atoms with E-state index < -0.39 is 5.82 Å². The van der Waals surface area contributed by atoms with Gasteiger partial charge < -0.3 is 5.32 Å². The molecule has 4 aromatic rings. The number of carbonyl (C=O) groups is 1. The molecule has 2 aromatic heterocycles. The molecule has 31 heavy (non-hydrogen) atoms. The second-order valence-electron chi connectivity index (χ2n) is 6.57. The summed E-state index contributed by atoms with van der Waals surface area (Å²) in [6, 6.07) is 17.6. The van der Waals surface area contributed by atoms with E-state index in [0.29, 0.717) is 22.5 Å². The Labute approximate surface area is 187 Å². The SMILES string of the molecule is O=C(CSc1nnc(-c2ccncc2)n1Cc1ccccc1)Nc1cc(Cl)ccc1F. The van der Waals surface area contributed by atoms with Crippen molar-refractivity contribution in [3.63, 3.8) is 0 Å². The van der Waals surface area contributed by atoms with Crippen LogP contribution < -0.4 is 5.32 Å². The second-order valence-corrected chi connectivity index (χ2v) is 7.95. The fraction of sp³-hybridized carbons (Fsp3) is 0.0909. The highest BCUT2D eigenvalue weighted by molar-refractivity contribution is 7.99. The molecule has 0 atom stereocenters. The number of nitrogens with zero attached hydrogens (tertiary/aromatic N) is 4. The number of carbonyl (C=O) groups excluding carboxylic acids is 1. The van der Waals surface area contributed by atoms with E-state index in [1.165, 1.54) is 30.0 Å². The predicted octanol–water partition coefficient (Wildman–Crippen LogP) is 4.91. The first-order valence-corrected chi connectivity index (χ1v) is 10.7. The second kappa shape index (κ2) is 9.72. The van der Waals surface area contributed by atoms with Gasteiger partial charge in [0.25, 0.3) is 0 Å². The lowest BCUT2D eigenvalue weighted by molar-refractivity contribution is -0.113. The highest BCUT2D eigenvalue weighted by atomic mass is 35.5. The molecule has 0 spiro atoms. The fourth-order valence-electron chi connectivity index (χ4n) is 2.93. The number of rotatable bonds is 7. The highest BCUT2D eigenvalue weighted by Gasteiger charge is 2.17. The summed E-state index contributed by atoms with van der Waals surface area (Å²) < 4.78 is 15.8. The summed E-state index contributed by atoms with van der Waals surface area (Å²) in [5, 5.41) is 12.1. The summed E-state index contributed by atoms with van der Waals surface area (Å²) >= 11 is 7.11. The molecule has 0 saturated carbocycles. The zero-order valence-electron chi connectivity index (χ0n) is 16.2. The molecule has 6 nitrogen and oxygen atoms in total. The van der Waals surface area contributed by atoms with Crippen LogP contribution in [0.4, 0.5) is 10.1 Å². The Morgan fingerprint density at radius 3 is 2.61 bits per heavy atom. The van der Waals surface area contributed by atoms with Gasteiger partial charge in [-0.05, 0) is 35.9 Å². The lowest BCUT2D eigenvalue weighted by atomic mass is 10.2. The number of hydrogen-bond donors (Lipinski definition) is 1.